The number of hydrogen-bond donors (Lipinski definition) is 3. The molecule has 7 nitrogen and oxygen atoms in total. The summed E-state index contributed by atoms with van der Waals surface area (Å²) in [5, 5.41) is 8.93. The van der Waals surface area contributed by atoms with Gasteiger partial charge in [0, 0.05) is 35.8 Å². The highest BCUT2D eigenvalue weighted by molar-refractivity contribution is 6.30. The Morgan fingerprint density at radius 2 is 1.94 bits per heavy atom. The first-order chi connectivity index (χ1) is 16.9. The van der Waals surface area contributed by atoms with Crippen molar-refractivity contribution in [1.29, 1.82) is 0 Å². The molecular formula is C25H25ClF2N6O. The molecule has 0 aliphatic carbocycles. The van der Waals surface area contributed by atoms with E-state index in [0.29, 0.717) is 35.7 Å². The van der Waals surface area contributed by atoms with E-state index in [9.17, 15) is 13.6 Å². The van der Waals surface area contributed by atoms with Crippen molar-refractivity contribution in [2.75, 3.05) is 25.5 Å². The number of imidazole rings is 1. The molecule has 2 aromatic heterocycles. The molecule has 0 spiro atoms. The molecule has 0 saturated carbocycles. The average molecular weight is 499 g/mol. The van der Waals surface area contributed by atoms with E-state index in [0.717, 1.165) is 24.2 Å². The van der Waals surface area contributed by atoms with Gasteiger partial charge in [0.1, 0.15) is 0 Å². The number of hydrogen-bond acceptors (Lipinski definition) is 5. The molecule has 3 N–H and O–H groups in total. The molecule has 1 amide bonds. The van der Waals surface area contributed by atoms with Crippen LogP contribution < -0.4 is 16.0 Å². The predicted octanol–water partition coefficient (Wildman–Crippen LogP) is 4.97. The number of rotatable bonds is 9. The Hall–Kier alpha value is -3.56. The van der Waals surface area contributed by atoms with Gasteiger partial charge in [0.25, 0.3) is 5.91 Å². The summed E-state index contributed by atoms with van der Waals surface area (Å²) in [5.41, 5.74) is 3.06. The van der Waals surface area contributed by atoms with Crippen LogP contribution >= 0.6 is 11.6 Å². The lowest BCUT2D eigenvalue weighted by Crippen LogP contribution is -2.27. The molecule has 2 aromatic carbocycles. The number of nitrogens with zero attached hydrogens (tertiary/aromatic N) is 3. The van der Waals surface area contributed by atoms with E-state index in [2.05, 4.69) is 25.9 Å². The minimum absolute atomic E-state index is 0.0369. The summed E-state index contributed by atoms with van der Waals surface area (Å²) >= 11 is 5.69. The third-order valence-electron chi connectivity index (χ3n) is 5.62. The fraction of sp³-hybridized carbons (Fsp3) is 0.240. The zero-order valence-corrected chi connectivity index (χ0v) is 20.1. The molecule has 35 heavy (non-hydrogen) atoms. The lowest BCUT2D eigenvalue weighted by Gasteiger charge is -2.13. The number of anilines is 2. The average Bonchev–Trinajstić information content (AvgIpc) is 3.30. The van der Waals surface area contributed by atoms with Gasteiger partial charge in [-0.05, 0) is 62.3 Å². The van der Waals surface area contributed by atoms with Crippen LogP contribution in [0.3, 0.4) is 0 Å². The number of benzene rings is 2. The lowest BCUT2D eigenvalue weighted by molar-refractivity contribution is 0.0952. The smallest absolute Gasteiger partial charge is 0.251 e. The summed E-state index contributed by atoms with van der Waals surface area (Å²) in [4.78, 5) is 21.3. The topological polar surface area (TPSA) is 83.3 Å². The lowest BCUT2D eigenvalue weighted by atomic mass is 10.0. The normalized spacial score (nSPS) is 11.1. The zero-order valence-electron chi connectivity index (χ0n) is 19.3. The number of carbonyl (C=O) groups excluding carboxylic acids is 1. The number of carbonyl (C=O) groups is 1. The summed E-state index contributed by atoms with van der Waals surface area (Å²) in [7, 11) is 1.87. The summed E-state index contributed by atoms with van der Waals surface area (Å²) in [5.74, 6) is -1.83. The Labute approximate surface area is 206 Å². The predicted molar refractivity (Wildman–Crippen MR) is 133 cm³/mol. The minimum atomic E-state index is -1.11. The van der Waals surface area contributed by atoms with E-state index < -0.39 is 11.6 Å². The number of halogens is 3. The Balaban J connectivity index is 1.61. The molecule has 0 fully saturated rings. The van der Waals surface area contributed by atoms with Crippen molar-refractivity contribution in [1.82, 2.24) is 25.0 Å². The quantitative estimate of drug-likeness (QED) is 0.224. The van der Waals surface area contributed by atoms with Gasteiger partial charge < -0.3 is 16.0 Å². The van der Waals surface area contributed by atoms with Gasteiger partial charge >= 0.3 is 0 Å². The third kappa shape index (κ3) is 5.11. The fourth-order valence-corrected chi connectivity index (χ4v) is 3.96. The van der Waals surface area contributed by atoms with E-state index >= 15 is 0 Å². The molecule has 0 bridgehead atoms. The van der Waals surface area contributed by atoms with E-state index in [1.165, 1.54) is 18.3 Å². The molecule has 0 aliphatic heterocycles. The van der Waals surface area contributed by atoms with E-state index in [1.54, 1.807) is 28.9 Å². The van der Waals surface area contributed by atoms with Crippen LogP contribution in [-0.4, -0.2) is 40.4 Å². The number of nitrogens with one attached hydrogen (secondary N) is 3. The molecule has 182 valence electrons. The Bertz CT molecular complexity index is 1370. The highest BCUT2D eigenvalue weighted by Crippen LogP contribution is 2.30. The maximum atomic E-state index is 14.5. The standard InChI is InChI=1S/C25H25ClF2N6O/c1-3-15-13-16(5-6-17(15)25(35)31-10-4-9-29-2)33-23-24-32-14-20(34(24)12-11-30-23)18-7-8-19(26)22(28)21(18)27/h5-8,11-14,29H,3-4,9-10H2,1-2H3,(H,30,33)(H,31,35). The van der Waals surface area contributed by atoms with Crippen LogP contribution in [0.25, 0.3) is 16.9 Å². The molecule has 2 heterocycles. The number of aryl methyl sites for hydroxylation is 1. The number of amides is 1. The van der Waals surface area contributed by atoms with Crippen LogP contribution in [0.15, 0.2) is 48.9 Å². The molecule has 0 radical (unpaired) electrons. The van der Waals surface area contributed by atoms with Crippen LogP contribution in [0.1, 0.15) is 29.3 Å². The van der Waals surface area contributed by atoms with Crippen LogP contribution in [0.4, 0.5) is 20.3 Å². The maximum absolute atomic E-state index is 14.5. The SMILES string of the molecule is CCc1cc(Nc2nccn3c(-c4ccc(Cl)c(F)c4F)cnc23)ccc1C(=O)NCCCNC. The molecule has 0 saturated heterocycles. The molecule has 4 aromatic rings. The van der Waals surface area contributed by atoms with Gasteiger partial charge in [0.15, 0.2) is 23.1 Å². The second kappa shape index (κ2) is 10.8. The monoisotopic (exact) mass is 498 g/mol. The largest absolute Gasteiger partial charge is 0.352 e. The van der Waals surface area contributed by atoms with Crippen LogP contribution in [0.5, 0.6) is 0 Å². The molecule has 10 heteroatoms. The summed E-state index contributed by atoms with van der Waals surface area (Å²) in [6.45, 7) is 3.41. The molecular weight excluding hydrogens is 474 g/mol. The Morgan fingerprint density at radius 3 is 2.71 bits per heavy atom. The maximum Gasteiger partial charge on any atom is 0.251 e. The number of fused-ring (bicyclic) bond motifs is 1. The molecule has 0 atom stereocenters. The van der Waals surface area contributed by atoms with Gasteiger partial charge in [-0.25, -0.2) is 18.7 Å². The van der Waals surface area contributed by atoms with Crippen molar-refractivity contribution in [2.24, 2.45) is 0 Å². The second-order valence-corrected chi connectivity index (χ2v) is 8.31. The van der Waals surface area contributed by atoms with Crippen LogP contribution in [0, 0.1) is 11.6 Å². The molecule has 0 unspecified atom stereocenters. The van der Waals surface area contributed by atoms with E-state index in [-0.39, 0.29) is 16.5 Å². The van der Waals surface area contributed by atoms with Crippen molar-refractivity contribution in [3.8, 4) is 11.3 Å². The first-order valence-electron chi connectivity index (χ1n) is 11.2. The van der Waals surface area contributed by atoms with E-state index in [4.69, 9.17) is 11.6 Å². The fourth-order valence-electron chi connectivity index (χ4n) is 3.81. The van der Waals surface area contributed by atoms with Crippen LogP contribution in [0.2, 0.25) is 5.02 Å². The van der Waals surface area contributed by atoms with Gasteiger partial charge in [-0.15, -0.1) is 0 Å². The van der Waals surface area contributed by atoms with E-state index in [1.807, 2.05) is 20.0 Å². The van der Waals surface area contributed by atoms with Gasteiger partial charge in [-0.2, -0.15) is 0 Å². The van der Waals surface area contributed by atoms with Gasteiger partial charge in [0.05, 0.1) is 16.9 Å². The highest BCUT2D eigenvalue weighted by atomic mass is 35.5. The van der Waals surface area contributed by atoms with Crippen molar-refractivity contribution in [3.05, 3.63) is 76.7 Å². The zero-order chi connectivity index (χ0) is 24.9. The first-order valence-corrected chi connectivity index (χ1v) is 11.6. The van der Waals surface area contributed by atoms with Gasteiger partial charge in [-0.1, -0.05) is 18.5 Å². The van der Waals surface area contributed by atoms with Gasteiger partial charge in [-0.3, -0.25) is 9.20 Å². The number of aromatic nitrogens is 3. The summed E-state index contributed by atoms with van der Waals surface area (Å²) in [6, 6.07) is 8.18. The Kier molecular flexibility index (Phi) is 7.57. The molecule has 0 aliphatic rings. The van der Waals surface area contributed by atoms with Crippen molar-refractivity contribution < 1.29 is 13.6 Å². The second-order valence-electron chi connectivity index (χ2n) is 7.90. The van der Waals surface area contributed by atoms with Crippen molar-refractivity contribution >= 4 is 34.7 Å². The van der Waals surface area contributed by atoms with Crippen molar-refractivity contribution in [2.45, 2.75) is 19.8 Å². The van der Waals surface area contributed by atoms with Crippen LogP contribution in [-0.2, 0) is 6.42 Å². The summed E-state index contributed by atoms with van der Waals surface area (Å²) < 4.78 is 30.2. The molecule has 4 rings (SSSR count). The van der Waals surface area contributed by atoms with Crippen molar-refractivity contribution in [3.63, 3.8) is 0 Å². The Morgan fingerprint density at radius 1 is 1.11 bits per heavy atom. The summed E-state index contributed by atoms with van der Waals surface area (Å²) in [6.07, 6.45) is 6.12. The minimum Gasteiger partial charge on any atom is -0.352 e. The van der Waals surface area contributed by atoms with Gasteiger partial charge in [0.2, 0.25) is 0 Å². The highest BCUT2D eigenvalue weighted by Gasteiger charge is 2.18. The third-order valence-corrected chi connectivity index (χ3v) is 5.91. The first kappa shape index (κ1) is 24.6.